The van der Waals surface area contributed by atoms with Crippen molar-refractivity contribution in [3.05, 3.63) is 77.7 Å². The summed E-state index contributed by atoms with van der Waals surface area (Å²) >= 11 is 0. The lowest BCUT2D eigenvalue weighted by Gasteiger charge is -2.27. The van der Waals surface area contributed by atoms with Gasteiger partial charge in [-0.05, 0) is 12.1 Å². The number of rotatable bonds is 4. The van der Waals surface area contributed by atoms with E-state index in [0.29, 0.717) is 29.4 Å². The number of benzene rings is 2. The molecule has 0 spiro atoms. The average Bonchev–Trinajstić information content (AvgIpc) is 2.59. The zero-order valence-electron chi connectivity index (χ0n) is 13.0. The van der Waals surface area contributed by atoms with Gasteiger partial charge >= 0.3 is 0 Å². The van der Waals surface area contributed by atoms with E-state index >= 15 is 0 Å². The van der Waals surface area contributed by atoms with Crippen molar-refractivity contribution < 1.29 is 9.47 Å². The van der Waals surface area contributed by atoms with Crippen LogP contribution in [0.4, 0.5) is 5.69 Å². The summed E-state index contributed by atoms with van der Waals surface area (Å²) in [7, 11) is 0. The van der Waals surface area contributed by atoms with Gasteiger partial charge in [0.25, 0.3) is 0 Å². The largest absolute Gasteiger partial charge is 0.489 e. The first-order valence-electron chi connectivity index (χ1n) is 7.45. The summed E-state index contributed by atoms with van der Waals surface area (Å²) in [6, 6.07) is 15.0. The highest BCUT2D eigenvalue weighted by atomic mass is 16.5. The van der Waals surface area contributed by atoms with Crippen LogP contribution >= 0.6 is 0 Å². The number of para-hydroxylation sites is 1. The summed E-state index contributed by atoms with van der Waals surface area (Å²) in [5.41, 5.74) is 14.4. The van der Waals surface area contributed by atoms with Crippen molar-refractivity contribution in [1.82, 2.24) is 0 Å². The van der Waals surface area contributed by atoms with Crippen LogP contribution in [0, 0.1) is 11.3 Å². The van der Waals surface area contributed by atoms with E-state index in [-0.39, 0.29) is 11.8 Å². The van der Waals surface area contributed by atoms with Crippen LogP contribution in [0.1, 0.15) is 17.0 Å². The minimum Gasteiger partial charge on any atom is -0.489 e. The summed E-state index contributed by atoms with van der Waals surface area (Å²) in [6.45, 7) is 4.04. The molecule has 3 rings (SSSR count). The molecule has 5 nitrogen and oxygen atoms in total. The third-order valence-corrected chi connectivity index (χ3v) is 3.83. The maximum absolute atomic E-state index is 9.59. The number of nitrogens with two attached hydrogens (primary N) is 2. The first kappa shape index (κ1) is 15.5. The molecule has 5 heteroatoms. The number of hydrogen-bond donors (Lipinski definition) is 2. The van der Waals surface area contributed by atoms with Crippen molar-refractivity contribution in [3.63, 3.8) is 0 Å². The molecule has 24 heavy (non-hydrogen) atoms. The van der Waals surface area contributed by atoms with Crippen molar-refractivity contribution in [2.24, 2.45) is 5.73 Å². The Kier molecular flexibility index (Phi) is 4.13. The van der Waals surface area contributed by atoms with E-state index in [9.17, 15) is 5.26 Å². The monoisotopic (exact) mass is 319 g/mol. The summed E-state index contributed by atoms with van der Waals surface area (Å²) < 4.78 is 11.3. The van der Waals surface area contributed by atoms with Gasteiger partial charge in [-0.3, -0.25) is 0 Å². The van der Waals surface area contributed by atoms with Gasteiger partial charge in [0.2, 0.25) is 5.88 Å². The Balaban J connectivity index is 2.19. The van der Waals surface area contributed by atoms with Gasteiger partial charge in [0.05, 0.1) is 5.92 Å². The smallest absolute Gasteiger partial charge is 0.205 e. The van der Waals surface area contributed by atoms with E-state index in [4.69, 9.17) is 20.9 Å². The van der Waals surface area contributed by atoms with Crippen molar-refractivity contribution in [2.45, 2.75) is 5.92 Å². The van der Waals surface area contributed by atoms with E-state index in [2.05, 4.69) is 12.6 Å². The van der Waals surface area contributed by atoms with Gasteiger partial charge in [-0.15, -0.1) is 0 Å². The van der Waals surface area contributed by atoms with E-state index in [1.165, 1.54) is 0 Å². The molecular weight excluding hydrogens is 302 g/mol. The maximum Gasteiger partial charge on any atom is 0.205 e. The molecule has 1 atom stereocenters. The normalized spacial score (nSPS) is 15.9. The molecule has 1 aliphatic rings. The quantitative estimate of drug-likeness (QED) is 0.667. The Hall–Kier alpha value is -3.39. The fourth-order valence-corrected chi connectivity index (χ4v) is 2.79. The molecule has 0 radical (unpaired) electrons. The minimum atomic E-state index is -0.375. The summed E-state index contributed by atoms with van der Waals surface area (Å²) in [5.74, 6) is 0.933. The van der Waals surface area contributed by atoms with Gasteiger partial charge in [-0.2, -0.15) is 5.26 Å². The highest BCUT2D eigenvalue weighted by Gasteiger charge is 2.32. The maximum atomic E-state index is 9.59. The Morgan fingerprint density at radius 3 is 2.75 bits per heavy atom. The number of allylic oxidation sites excluding steroid dienone is 1. The number of ether oxygens (including phenoxy) is 2. The fraction of sp³-hybridized carbons (Fsp3) is 0.105. The number of anilines is 1. The lowest BCUT2D eigenvalue weighted by Crippen LogP contribution is -2.21. The van der Waals surface area contributed by atoms with Crippen LogP contribution in [0.15, 0.2) is 66.6 Å². The second kappa shape index (κ2) is 6.39. The molecule has 4 N–H and O–H groups in total. The standard InChI is InChI=1S/C19H17N3O2/c1-2-9-23-16-6-4-3-5-13(16)18-14-8-7-12(21)10-17(14)24-19(22)15(18)11-20/h2-8,10,18H,1,9,21-22H2. The predicted octanol–water partition coefficient (Wildman–Crippen LogP) is 3.05. The second-order valence-electron chi connectivity index (χ2n) is 5.36. The van der Waals surface area contributed by atoms with Crippen LogP contribution in [0.25, 0.3) is 0 Å². The molecule has 0 bridgehead atoms. The number of nitrogens with zero attached hydrogens (tertiary/aromatic N) is 1. The average molecular weight is 319 g/mol. The van der Waals surface area contributed by atoms with Crippen molar-refractivity contribution in [3.8, 4) is 17.6 Å². The van der Waals surface area contributed by atoms with Crippen LogP contribution in [-0.4, -0.2) is 6.61 Å². The van der Waals surface area contributed by atoms with E-state index in [1.807, 2.05) is 30.3 Å². The van der Waals surface area contributed by atoms with Crippen LogP contribution in [-0.2, 0) is 0 Å². The predicted molar refractivity (Wildman–Crippen MR) is 92.3 cm³/mol. The van der Waals surface area contributed by atoms with Crippen LogP contribution in [0.5, 0.6) is 11.5 Å². The van der Waals surface area contributed by atoms with Crippen molar-refractivity contribution >= 4 is 5.69 Å². The molecule has 1 heterocycles. The third kappa shape index (κ3) is 2.66. The Morgan fingerprint density at radius 1 is 1.21 bits per heavy atom. The van der Waals surface area contributed by atoms with E-state index in [1.54, 1.807) is 18.2 Å². The van der Waals surface area contributed by atoms with Gasteiger partial charge < -0.3 is 20.9 Å². The number of fused-ring (bicyclic) bond motifs is 1. The number of nitriles is 1. The molecule has 120 valence electrons. The first-order chi connectivity index (χ1) is 11.7. The first-order valence-corrected chi connectivity index (χ1v) is 7.45. The Bertz CT molecular complexity index is 865. The van der Waals surface area contributed by atoms with Crippen LogP contribution in [0.3, 0.4) is 0 Å². The van der Waals surface area contributed by atoms with Gasteiger partial charge in [0, 0.05) is 22.9 Å². The molecule has 0 saturated carbocycles. The molecule has 2 aromatic carbocycles. The summed E-state index contributed by atoms with van der Waals surface area (Å²) in [6.07, 6.45) is 1.67. The van der Waals surface area contributed by atoms with Gasteiger partial charge in [-0.1, -0.05) is 36.9 Å². The molecule has 2 aromatic rings. The van der Waals surface area contributed by atoms with Gasteiger partial charge in [-0.25, -0.2) is 0 Å². The van der Waals surface area contributed by atoms with Crippen molar-refractivity contribution in [1.29, 1.82) is 5.26 Å². The lowest BCUT2D eigenvalue weighted by molar-refractivity contribution is 0.355. The molecule has 1 unspecified atom stereocenters. The third-order valence-electron chi connectivity index (χ3n) is 3.83. The van der Waals surface area contributed by atoms with E-state index in [0.717, 1.165) is 11.1 Å². The number of hydrogen-bond acceptors (Lipinski definition) is 5. The second-order valence-corrected chi connectivity index (χ2v) is 5.36. The number of nitrogen functional groups attached to an aromatic ring is 1. The van der Waals surface area contributed by atoms with Crippen molar-refractivity contribution in [2.75, 3.05) is 12.3 Å². The molecule has 0 fully saturated rings. The van der Waals surface area contributed by atoms with Crippen LogP contribution < -0.4 is 20.9 Å². The highest BCUT2D eigenvalue weighted by Crippen LogP contribution is 2.45. The lowest BCUT2D eigenvalue weighted by atomic mass is 9.83. The zero-order chi connectivity index (χ0) is 17.1. The summed E-state index contributed by atoms with van der Waals surface area (Å²) in [4.78, 5) is 0. The highest BCUT2D eigenvalue weighted by molar-refractivity contribution is 5.61. The van der Waals surface area contributed by atoms with E-state index < -0.39 is 0 Å². The Morgan fingerprint density at radius 2 is 2.00 bits per heavy atom. The molecule has 0 aliphatic carbocycles. The molecule has 1 aliphatic heterocycles. The zero-order valence-corrected chi connectivity index (χ0v) is 13.0. The minimum absolute atomic E-state index is 0.0825. The SMILES string of the molecule is C=CCOc1ccccc1C1C(C#N)=C(N)Oc2cc(N)ccc21. The topological polar surface area (TPSA) is 94.3 Å². The Labute approximate surface area is 140 Å². The summed E-state index contributed by atoms with van der Waals surface area (Å²) in [5, 5.41) is 9.59. The molecule has 0 aromatic heterocycles. The van der Waals surface area contributed by atoms with Crippen LogP contribution in [0.2, 0.25) is 0 Å². The molecule has 0 amide bonds. The van der Waals surface area contributed by atoms with Gasteiger partial charge in [0.1, 0.15) is 29.7 Å². The van der Waals surface area contributed by atoms with Gasteiger partial charge in [0.15, 0.2) is 0 Å². The molecule has 0 saturated heterocycles. The fourth-order valence-electron chi connectivity index (χ4n) is 2.79. The molecular formula is C19H17N3O2.